The first-order valence-corrected chi connectivity index (χ1v) is 7.62. The van der Waals surface area contributed by atoms with Crippen LogP contribution in [0.25, 0.3) is 0 Å². The van der Waals surface area contributed by atoms with Gasteiger partial charge in [0.2, 0.25) is 0 Å². The number of nitro benzene ring substituents is 1. The van der Waals surface area contributed by atoms with E-state index in [-0.39, 0.29) is 16.3 Å². The van der Waals surface area contributed by atoms with E-state index in [0.29, 0.717) is 0 Å². The Hall–Kier alpha value is -2.41. The van der Waals surface area contributed by atoms with Crippen LogP contribution in [0.3, 0.4) is 0 Å². The Bertz CT molecular complexity index is 783. The third kappa shape index (κ3) is 3.38. The van der Waals surface area contributed by atoms with Gasteiger partial charge in [-0.15, -0.1) is 0 Å². The zero-order chi connectivity index (χ0) is 15.6. The van der Waals surface area contributed by atoms with Gasteiger partial charge < -0.3 is 0 Å². The highest BCUT2D eigenvalue weighted by atomic mass is 32.2. The molecule has 21 heavy (non-hydrogen) atoms. The van der Waals surface area contributed by atoms with Gasteiger partial charge in [-0.25, -0.2) is 8.42 Å². The van der Waals surface area contributed by atoms with Gasteiger partial charge in [0, 0.05) is 6.07 Å². The first kappa shape index (κ1) is 15.0. The molecule has 0 saturated heterocycles. The summed E-state index contributed by atoms with van der Waals surface area (Å²) in [5.74, 6) is 0. The number of aryl methyl sites for hydroxylation is 2. The predicted molar refractivity (Wildman–Crippen MR) is 79.8 cm³/mol. The van der Waals surface area contributed by atoms with Crippen molar-refractivity contribution in [3.8, 4) is 0 Å². The summed E-state index contributed by atoms with van der Waals surface area (Å²) in [7, 11) is -3.86. The molecule has 6 nitrogen and oxygen atoms in total. The van der Waals surface area contributed by atoms with Crippen LogP contribution in [0.2, 0.25) is 0 Å². The molecule has 110 valence electrons. The molecule has 0 aliphatic rings. The summed E-state index contributed by atoms with van der Waals surface area (Å²) >= 11 is 0. The third-order valence-corrected chi connectivity index (χ3v) is 4.31. The Morgan fingerprint density at radius 3 is 2.14 bits per heavy atom. The van der Waals surface area contributed by atoms with Crippen LogP contribution in [-0.2, 0) is 10.0 Å². The van der Waals surface area contributed by atoms with Crippen LogP contribution >= 0.6 is 0 Å². The molecule has 1 N–H and O–H groups in total. The van der Waals surface area contributed by atoms with Crippen LogP contribution in [0, 0.1) is 24.0 Å². The van der Waals surface area contributed by atoms with Gasteiger partial charge in [-0.3, -0.25) is 14.8 Å². The third-order valence-electron chi connectivity index (χ3n) is 2.92. The summed E-state index contributed by atoms with van der Waals surface area (Å²) in [6.45, 7) is 3.57. The molecule has 0 fully saturated rings. The highest BCUT2D eigenvalue weighted by molar-refractivity contribution is 7.92. The van der Waals surface area contributed by atoms with Gasteiger partial charge in [0.1, 0.15) is 5.69 Å². The molecule has 0 amide bonds. The van der Waals surface area contributed by atoms with Crippen molar-refractivity contribution in [2.24, 2.45) is 0 Å². The lowest BCUT2D eigenvalue weighted by atomic mass is 10.2. The van der Waals surface area contributed by atoms with E-state index in [9.17, 15) is 18.5 Å². The lowest BCUT2D eigenvalue weighted by Crippen LogP contribution is -2.14. The Morgan fingerprint density at radius 1 is 1.00 bits per heavy atom. The van der Waals surface area contributed by atoms with Gasteiger partial charge in [0.05, 0.1) is 9.82 Å². The summed E-state index contributed by atoms with van der Waals surface area (Å²) < 4.78 is 26.8. The number of benzene rings is 2. The molecule has 0 atom stereocenters. The van der Waals surface area contributed by atoms with Gasteiger partial charge in [-0.05, 0) is 37.6 Å². The number of anilines is 1. The average Bonchev–Trinajstić information content (AvgIpc) is 2.38. The minimum atomic E-state index is -3.86. The Morgan fingerprint density at radius 2 is 1.57 bits per heavy atom. The van der Waals surface area contributed by atoms with Crippen LogP contribution in [0.15, 0.2) is 47.4 Å². The Balaban J connectivity index is 2.43. The number of rotatable bonds is 4. The molecule has 0 aliphatic heterocycles. The molecular weight excluding hydrogens is 292 g/mol. The molecule has 0 aliphatic carbocycles. The van der Waals surface area contributed by atoms with E-state index >= 15 is 0 Å². The second kappa shape index (κ2) is 5.53. The molecule has 2 aromatic carbocycles. The molecular formula is C14H14N2O4S. The van der Waals surface area contributed by atoms with Gasteiger partial charge in [-0.2, -0.15) is 0 Å². The molecule has 0 heterocycles. The molecule has 7 heteroatoms. The van der Waals surface area contributed by atoms with Crippen molar-refractivity contribution >= 4 is 21.4 Å². The second-order valence-electron chi connectivity index (χ2n) is 4.70. The van der Waals surface area contributed by atoms with Gasteiger partial charge in [0.25, 0.3) is 15.7 Å². The van der Waals surface area contributed by atoms with Crippen molar-refractivity contribution in [2.45, 2.75) is 18.7 Å². The highest BCUT2D eigenvalue weighted by Gasteiger charge is 2.20. The van der Waals surface area contributed by atoms with Crippen molar-refractivity contribution in [3.63, 3.8) is 0 Å². The van der Waals surface area contributed by atoms with E-state index in [1.54, 1.807) is 25.1 Å². The molecule has 0 radical (unpaired) electrons. The number of nitrogens with zero attached hydrogens (tertiary/aromatic N) is 1. The molecule has 0 bridgehead atoms. The zero-order valence-electron chi connectivity index (χ0n) is 11.5. The molecule has 0 aromatic heterocycles. The van der Waals surface area contributed by atoms with Crippen LogP contribution < -0.4 is 4.72 Å². The summed E-state index contributed by atoms with van der Waals surface area (Å²) in [5.41, 5.74) is 1.33. The normalized spacial score (nSPS) is 11.1. The van der Waals surface area contributed by atoms with E-state index in [4.69, 9.17) is 0 Å². The van der Waals surface area contributed by atoms with Crippen molar-refractivity contribution in [1.29, 1.82) is 0 Å². The number of sulfonamides is 1. The summed E-state index contributed by atoms with van der Waals surface area (Å²) in [6.07, 6.45) is 0. The van der Waals surface area contributed by atoms with E-state index in [0.717, 1.165) is 11.1 Å². The van der Waals surface area contributed by atoms with Crippen molar-refractivity contribution in [3.05, 3.63) is 63.7 Å². The maximum atomic E-state index is 12.3. The maximum Gasteiger partial charge on any atom is 0.293 e. The SMILES string of the molecule is Cc1ccc(S(=O)(=O)Nc2cc(C)ccc2[N+](=O)[O-])cc1. The summed E-state index contributed by atoms with van der Waals surface area (Å²) in [5, 5.41) is 11.0. The number of hydrogen-bond donors (Lipinski definition) is 1. The summed E-state index contributed by atoms with van der Waals surface area (Å²) in [4.78, 5) is 10.4. The fourth-order valence-corrected chi connectivity index (χ4v) is 2.88. The van der Waals surface area contributed by atoms with Gasteiger partial charge >= 0.3 is 0 Å². The largest absolute Gasteiger partial charge is 0.293 e. The van der Waals surface area contributed by atoms with E-state index in [2.05, 4.69) is 4.72 Å². The second-order valence-corrected chi connectivity index (χ2v) is 6.38. The number of nitrogens with one attached hydrogen (secondary N) is 1. The minimum absolute atomic E-state index is 0.0411. The number of hydrogen-bond acceptors (Lipinski definition) is 4. The van der Waals surface area contributed by atoms with Crippen LogP contribution in [0.4, 0.5) is 11.4 Å². The van der Waals surface area contributed by atoms with E-state index < -0.39 is 14.9 Å². The topological polar surface area (TPSA) is 89.3 Å². The summed E-state index contributed by atoms with van der Waals surface area (Å²) in [6, 6.07) is 10.5. The Labute approximate surface area is 122 Å². The first-order valence-electron chi connectivity index (χ1n) is 6.14. The molecule has 2 aromatic rings. The fourth-order valence-electron chi connectivity index (χ4n) is 1.81. The Kier molecular flexibility index (Phi) is 3.95. The lowest BCUT2D eigenvalue weighted by molar-refractivity contribution is -0.383. The number of nitro groups is 1. The molecule has 0 spiro atoms. The van der Waals surface area contributed by atoms with E-state index in [1.165, 1.54) is 24.3 Å². The molecule has 0 unspecified atom stereocenters. The minimum Gasteiger partial charge on any atom is -0.273 e. The van der Waals surface area contributed by atoms with Crippen LogP contribution in [-0.4, -0.2) is 13.3 Å². The standard InChI is InChI=1S/C14H14N2O4S/c1-10-3-6-12(7-4-10)21(19,20)15-13-9-11(2)5-8-14(13)16(17)18/h3-9,15H,1-2H3. The molecule has 0 saturated carbocycles. The predicted octanol–water partition coefficient (Wildman–Crippen LogP) is 3.01. The first-order chi connectivity index (χ1) is 9.79. The van der Waals surface area contributed by atoms with Crippen LogP contribution in [0.5, 0.6) is 0 Å². The lowest BCUT2D eigenvalue weighted by Gasteiger charge is -2.09. The van der Waals surface area contributed by atoms with E-state index in [1.807, 2.05) is 6.92 Å². The van der Waals surface area contributed by atoms with Crippen molar-refractivity contribution in [1.82, 2.24) is 0 Å². The van der Waals surface area contributed by atoms with Crippen molar-refractivity contribution < 1.29 is 13.3 Å². The highest BCUT2D eigenvalue weighted by Crippen LogP contribution is 2.27. The van der Waals surface area contributed by atoms with Gasteiger partial charge in [0.15, 0.2) is 0 Å². The maximum absolute atomic E-state index is 12.3. The van der Waals surface area contributed by atoms with Crippen LogP contribution in [0.1, 0.15) is 11.1 Å². The fraction of sp³-hybridized carbons (Fsp3) is 0.143. The van der Waals surface area contributed by atoms with Crippen molar-refractivity contribution in [2.75, 3.05) is 4.72 Å². The average molecular weight is 306 g/mol. The smallest absolute Gasteiger partial charge is 0.273 e. The zero-order valence-corrected chi connectivity index (χ0v) is 12.3. The molecule has 2 rings (SSSR count). The monoisotopic (exact) mass is 306 g/mol. The quantitative estimate of drug-likeness (QED) is 0.694. The van der Waals surface area contributed by atoms with Gasteiger partial charge in [-0.1, -0.05) is 23.8 Å².